The summed E-state index contributed by atoms with van der Waals surface area (Å²) in [6.07, 6.45) is 10.1. The van der Waals surface area contributed by atoms with E-state index >= 15 is 0 Å². The molecule has 1 saturated heterocycles. The van der Waals surface area contributed by atoms with Crippen molar-refractivity contribution < 1.29 is 14.0 Å². The zero-order chi connectivity index (χ0) is 21.6. The van der Waals surface area contributed by atoms with Crippen LogP contribution in [0.25, 0.3) is 0 Å². The van der Waals surface area contributed by atoms with Gasteiger partial charge in [-0.05, 0) is 80.3 Å². The van der Waals surface area contributed by atoms with Gasteiger partial charge in [-0.1, -0.05) is 12.1 Å². The van der Waals surface area contributed by atoms with E-state index in [9.17, 15) is 14.0 Å². The van der Waals surface area contributed by atoms with Crippen molar-refractivity contribution in [2.45, 2.75) is 50.5 Å². The molecule has 2 fully saturated rings. The van der Waals surface area contributed by atoms with Crippen molar-refractivity contribution in [1.29, 1.82) is 0 Å². The van der Waals surface area contributed by atoms with Crippen LogP contribution in [-0.2, 0) is 11.2 Å². The number of carbonyl (C=O) groups excluding carboxylic acids is 2. The summed E-state index contributed by atoms with van der Waals surface area (Å²) in [4.78, 5) is 27.8. The highest BCUT2D eigenvalue weighted by Gasteiger charge is 2.26. The molecule has 164 valence electrons. The minimum atomic E-state index is -0.366. The van der Waals surface area contributed by atoms with Gasteiger partial charge in [0.15, 0.2) is 6.29 Å². The van der Waals surface area contributed by atoms with Gasteiger partial charge < -0.3 is 10.6 Å². The van der Waals surface area contributed by atoms with Crippen LogP contribution in [0, 0.1) is 5.82 Å². The summed E-state index contributed by atoms with van der Waals surface area (Å²) >= 11 is 0.902. The highest BCUT2D eigenvalue weighted by Crippen LogP contribution is 2.24. The van der Waals surface area contributed by atoms with Gasteiger partial charge in [0, 0.05) is 24.0 Å². The fourth-order valence-electron chi connectivity index (χ4n) is 3.95. The quantitative estimate of drug-likeness (QED) is 0.484. The smallest absolute Gasteiger partial charge is 0.290 e. The Labute approximate surface area is 185 Å². The van der Waals surface area contributed by atoms with Crippen molar-refractivity contribution in [2.75, 3.05) is 6.54 Å². The van der Waals surface area contributed by atoms with Gasteiger partial charge in [-0.2, -0.15) is 0 Å². The molecule has 31 heavy (non-hydrogen) atoms. The third-order valence-corrected chi connectivity index (χ3v) is 6.41. The summed E-state index contributed by atoms with van der Waals surface area (Å²) in [6.45, 7) is 0.889. The highest BCUT2D eigenvalue weighted by atomic mass is 32.2. The number of benzene rings is 1. The molecule has 1 saturated carbocycles. The van der Waals surface area contributed by atoms with Gasteiger partial charge in [-0.25, -0.2) is 4.39 Å². The molecule has 1 atom stereocenters. The standard InChI is InChI=1S/C22H26FN5O2S/c23-15-3-1-14(2-4-15)9-11-24-16-5-7-17(8-6-16)26-21-25-12-10-18(27-21)13-19-20(29)28-22(30)31-19/h1-4,10,12-13,16-17,21,24,26-27H,5-9,11H2,(H,28,29,30)/b19-13-. The number of thioether (sulfide) groups is 1. The fraction of sp³-hybridized carbons (Fsp3) is 0.409. The Morgan fingerprint density at radius 2 is 1.87 bits per heavy atom. The molecule has 3 aliphatic rings. The molecular weight excluding hydrogens is 417 g/mol. The number of halogens is 1. The molecule has 1 unspecified atom stereocenters. The van der Waals surface area contributed by atoms with Crippen molar-refractivity contribution in [3.8, 4) is 0 Å². The second-order valence-electron chi connectivity index (χ2n) is 7.87. The van der Waals surface area contributed by atoms with Gasteiger partial charge >= 0.3 is 0 Å². The molecule has 0 radical (unpaired) electrons. The van der Waals surface area contributed by atoms with Gasteiger partial charge in [0.2, 0.25) is 0 Å². The van der Waals surface area contributed by atoms with E-state index in [4.69, 9.17) is 0 Å². The van der Waals surface area contributed by atoms with Crippen LogP contribution in [0.3, 0.4) is 0 Å². The first-order chi connectivity index (χ1) is 15.0. The second-order valence-corrected chi connectivity index (χ2v) is 8.88. The third kappa shape index (κ3) is 6.25. The van der Waals surface area contributed by atoms with Crippen LogP contribution in [0.15, 0.2) is 52.0 Å². The number of hydrogen-bond acceptors (Lipinski definition) is 7. The molecule has 1 aliphatic carbocycles. The predicted octanol–water partition coefficient (Wildman–Crippen LogP) is 2.57. The van der Waals surface area contributed by atoms with Crippen LogP contribution in [-0.4, -0.2) is 42.3 Å². The van der Waals surface area contributed by atoms with Crippen molar-refractivity contribution in [3.05, 3.63) is 58.4 Å². The number of nitrogens with one attached hydrogen (secondary N) is 4. The van der Waals surface area contributed by atoms with E-state index in [0.29, 0.717) is 17.0 Å². The largest absolute Gasteiger partial charge is 0.351 e. The summed E-state index contributed by atoms with van der Waals surface area (Å²) in [7, 11) is 0. The van der Waals surface area contributed by atoms with Gasteiger partial charge in [-0.15, -0.1) is 0 Å². The zero-order valence-corrected chi connectivity index (χ0v) is 17.9. The lowest BCUT2D eigenvalue weighted by Crippen LogP contribution is -2.49. The van der Waals surface area contributed by atoms with Crippen molar-refractivity contribution in [3.63, 3.8) is 0 Å². The maximum absolute atomic E-state index is 13.0. The number of rotatable bonds is 7. The minimum absolute atomic E-state index is 0.198. The Balaban J connectivity index is 1.17. The highest BCUT2D eigenvalue weighted by molar-refractivity contribution is 8.18. The molecule has 0 spiro atoms. The van der Waals surface area contributed by atoms with E-state index in [0.717, 1.165) is 61.7 Å². The van der Waals surface area contributed by atoms with Crippen LogP contribution >= 0.6 is 11.8 Å². The zero-order valence-electron chi connectivity index (χ0n) is 17.1. The number of carbonyl (C=O) groups is 2. The average molecular weight is 444 g/mol. The van der Waals surface area contributed by atoms with Gasteiger partial charge in [0.1, 0.15) is 5.82 Å². The van der Waals surface area contributed by atoms with Crippen molar-refractivity contribution in [1.82, 2.24) is 21.3 Å². The van der Waals surface area contributed by atoms with Crippen molar-refractivity contribution in [2.24, 2.45) is 4.99 Å². The summed E-state index contributed by atoms with van der Waals surface area (Å²) < 4.78 is 13.0. The maximum atomic E-state index is 13.0. The van der Waals surface area contributed by atoms with E-state index in [1.165, 1.54) is 12.1 Å². The van der Waals surface area contributed by atoms with Crippen LogP contribution in [0.4, 0.5) is 9.18 Å². The maximum Gasteiger partial charge on any atom is 0.290 e. The molecule has 2 amide bonds. The first-order valence-corrected chi connectivity index (χ1v) is 11.4. The summed E-state index contributed by atoms with van der Waals surface area (Å²) in [5, 5.41) is 12.3. The Hall–Kier alpha value is -2.49. The molecule has 4 rings (SSSR count). The third-order valence-electron chi connectivity index (χ3n) is 5.60. The lowest BCUT2D eigenvalue weighted by atomic mass is 9.91. The van der Waals surface area contributed by atoms with E-state index in [2.05, 4.69) is 26.3 Å². The van der Waals surface area contributed by atoms with Crippen LogP contribution < -0.4 is 21.3 Å². The van der Waals surface area contributed by atoms with E-state index in [-0.39, 0.29) is 23.3 Å². The van der Waals surface area contributed by atoms with Gasteiger partial charge in [0.25, 0.3) is 11.1 Å². The summed E-state index contributed by atoms with van der Waals surface area (Å²) in [5.74, 6) is -0.563. The molecule has 1 aromatic rings. The Morgan fingerprint density at radius 1 is 1.13 bits per heavy atom. The fourth-order valence-corrected chi connectivity index (χ4v) is 4.62. The van der Waals surface area contributed by atoms with Gasteiger partial charge in [0.05, 0.1) is 4.91 Å². The van der Waals surface area contributed by atoms with E-state index in [1.807, 2.05) is 12.1 Å². The Kier molecular flexibility index (Phi) is 7.16. The molecule has 7 nitrogen and oxygen atoms in total. The Bertz CT molecular complexity index is 907. The number of hydrogen-bond donors (Lipinski definition) is 4. The first-order valence-electron chi connectivity index (χ1n) is 10.5. The number of allylic oxidation sites excluding steroid dienone is 2. The topological polar surface area (TPSA) is 94.6 Å². The monoisotopic (exact) mass is 443 g/mol. The molecule has 1 aromatic carbocycles. The van der Waals surface area contributed by atoms with Crippen LogP contribution in [0.2, 0.25) is 0 Å². The second kappa shape index (κ2) is 10.2. The molecule has 0 bridgehead atoms. The van der Waals surface area contributed by atoms with E-state index < -0.39 is 0 Å². The summed E-state index contributed by atoms with van der Waals surface area (Å²) in [5.41, 5.74) is 1.89. The lowest BCUT2D eigenvalue weighted by Gasteiger charge is -2.32. The average Bonchev–Trinajstić information content (AvgIpc) is 3.07. The number of nitrogens with zero attached hydrogens (tertiary/aromatic N) is 1. The van der Waals surface area contributed by atoms with Crippen LogP contribution in [0.1, 0.15) is 31.2 Å². The van der Waals surface area contributed by atoms with Gasteiger partial charge in [-0.3, -0.25) is 25.2 Å². The predicted molar refractivity (Wildman–Crippen MR) is 120 cm³/mol. The number of aliphatic imine (C=N–C) groups is 1. The molecule has 2 heterocycles. The molecule has 0 aromatic heterocycles. The minimum Gasteiger partial charge on any atom is -0.351 e. The van der Waals surface area contributed by atoms with E-state index in [1.54, 1.807) is 18.4 Å². The van der Waals surface area contributed by atoms with Crippen LogP contribution in [0.5, 0.6) is 0 Å². The Morgan fingerprint density at radius 3 is 2.58 bits per heavy atom. The lowest BCUT2D eigenvalue weighted by molar-refractivity contribution is -0.115. The molecular formula is C22H26FN5O2S. The number of imide groups is 1. The molecule has 2 aliphatic heterocycles. The SMILES string of the molecule is O=C1NC(=O)/C(=C/C2=CC=NC(NC3CCC(NCCc4ccc(F)cc4)CC3)N2)S1. The van der Waals surface area contributed by atoms with Crippen molar-refractivity contribution >= 4 is 29.1 Å². The molecule has 4 N–H and O–H groups in total. The first kappa shape index (κ1) is 21.7. The normalized spacial score (nSPS) is 27.2. The summed E-state index contributed by atoms with van der Waals surface area (Å²) in [6, 6.07) is 7.55. The number of amides is 2. The molecule has 9 heteroatoms.